The van der Waals surface area contributed by atoms with Gasteiger partial charge in [0.2, 0.25) is 11.8 Å². The summed E-state index contributed by atoms with van der Waals surface area (Å²) in [6, 6.07) is 32.9. The first-order chi connectivity index (χ1) is 24.9. The van der Waals surface area contributed by atoms with E-state index in [0.29, 0.717) is 41.7 Å². The fourth-order valence-corrected chi connectivity index (χ4v) is 6.62. The van der Waals surface area contributed by atoms with Crippen LogP contribution >= 0.6 is 11.8 Å². The molecule has 5 N–H and O–H groups in total. The molecule has 0 aliphatic carbocycles. The average Bonchev–Trinajstić information content (AvgIpc) is 3.17. The number of nitrogens with one attached hydrogen (secondary N) is 2. The second-order valence-electron chi connectivity index (χ2n) is 12.3. The van der Waals surface area contributed by atoms with E-state index < -0.39 is 6.29 Å². The Kier molecular flexibility index (Phi) is 12.4. The number of amides is 2. The van der Waals surface area contributed by atoms with E-state index in [2.05, 4.69) is 32.7 Å². The van der Waals surface area contributed by atoms with Gasteiger partial charge < -0.3 is 30.9 Å². The molecule has 3 atom stereocenters. The van der Waals surface area contributed by atoms with Gasteiger partial charge in [-0.2, -0.15) is 0 Å². The van der Waals surface area contributed by atoms with Gasteiger partial charge in [-0.25, -0.2) is 9.97 Å². The van der Waals surface area contributed by atoms with Crippen molar-refractivity contribution < 1.29 is 24.2 Å². The van der Waals surface area contributed by atoms with Crippen LogP contribution < -0.4 is 16.4 Å². The number of hydrogen-bond acceptors (Lipinski definition) is 9. The Bertz CT molecular complexity index is 1910. The highest BCUT2D eigenvalue weighted by molar-refractivity contribution is 7.99. The lowest BCUT2D eigenvalue weighted by molar-refractivity contribution is -0.245. The number of nitrogens with two attached hydrogens (primary N) is 1. The van der Waals surface area contributed by atoms with Gasteiger partial charge in [0.25, 0.3) is 0 Å². The lowest BCUT2D eigenvalue weighted by atomic mass is 9.99. The van der Waals surface area contributed by atoms with Crippen LogP contribution in [0.1, 0.15) is 60.3 Å². The maximum atomic E-state index is 12.6. The zero-order valence-electron chi connectivity index (χ0n) is 28.1. The van der Waals surface area contributed by atoms with Crippen LogP contribution in [0.15, 0.2) is 121 Å². The van der Waals surface area contributed by atoms with Crippen LogP contribution in [0.25, 0.3) is 11.1 Å². The Hall–Kier alpha value is -5.07. The number of rotatable bonds is 14. The van der Waals surface area contributed by atoms with Gasteiger partial charge in [0.15, 0.2) is 11.4 Å². The number of carbonyl (C=O) groups excluding carboxylic acids is 2. The van der Waals surface area contributed by atoms with E-state index in [9.17, 15) is 14.7 Å². The molecule has 0 spiro atoms. The number of carbonyl (C=O) groups is 2. The topological polar surface area (TPSA) is 149 Å². The standard InChI is InChI=1S/C40H41N5O5S/c41-34-11-1-2-12-35(34)45-38(48)14-5-13-37(47)44-24-28-7-3-8-30(21-28)31-9-4-10-32(22-31)39-49-33(26-51-40-42-19-6-20-43-40)23-36(50-39)29-17-15-27(25-46)16-18-29/h1-4,6-12,15-22,33,36,39,46H,5,13-14,23-26,41H2,(H,44,47)(H,45,48)/t33-,36+,39+/m0/s1. The molecular formula is C40H41N5O5S. The maximum Gasteiger partial charge on any atom is 0.224 e. The molecule has 4 aromatic carbocycles. The number of nitrogens with zero attached hydrogens (tertiary/aromatic N) is 2. The summed E-state index contributed by atoms with van der Waals surface area (Å²) in [5, 5.41) is 16.0. The Balaban J connectivity index is 1.07. The van der Waals surface area contributed by atoms with Crippen molar-refractivity contribution in [2.75, 3.05) is 16.8 Å². The molecule has 1 aliphatic rings. The molecule has 0 bridgehead atoms. The number of aromatic nitrogens is 2. The number of hydrogen-bond donors (Lipinski definition) is 4. The molecule has 0 saturated carbocycles. The lowest BCUT2D eigenvalue weighted by Gasteiger charge is -2.36. The van der Waals surface area contributed by atoms with Gasteiger partial charge in [0.1, 0.15) is 0 Å². The highest BCUT2D eigenvalue weighted by Gasteiger charge is 2.32. The van der Waals surface area contributed by atoms with E-state index in [0.717, 1.165) is 33.4 Å². The van der Waals surface area contributed by atoms with Gasteiger partial charge >= 0.3 is 0 Å². The van der Waals surface area contributed by atoms with Gasteiger partial charge in [-0.1, -0.05) is 84.6 Å². The summed E-state index contributed by atoms with van der Waals surface area (Å²) in [5.41, 5.74) is 12.7. The number of para-hydroxylation sites is 2. The summed E-state index contributed by atoms with van der Waals surface area (Å²) < 4.78 is 13.1. The average molecular weight is 704 g/mol. The minimum absolute atomic E-state index is 0.0134. The lowest BCUT2D eigenvalue weighted by Crippen LogP contribution is -2.31. The summed E-state index contributed by atoms with van der Waals surface area (Å²) in [7, 11) is 0. The van der Waals surface area contributed by atoms with Gasteiger partial charge in [0, 0.05) is 49.5 Å². The summed E-state index contributed by atoms with van der Waals surface area (Å²) >= 11 is 1.55. The fourth-order valence-electron chi connectivity index (χ4n) is 5.80. The Morgan fingerprint density at radius 2 is 1.55 bits per heavy atom. The maximum absolute atomic E-state index is 12.6. The van der Waals surface area contributed by atoms with E-state index in [-0.39, 0.29) is 43.5 Å². The third-order valence-electron chi connectivity index (χ3n) is 8.51. The van der Waals surface area contributed by atoms with Crippen molar-refractivity contribution >= 4 is 35.0 Å². The van der Waals surface area contributed by atoms with Gasteiger partial charge in [0.05, 0.1) is 30.2 Å². The van der Waals surface area contributed by atoms with E-state index in [1.807, 2.05) is 60.7 Å². The van der Waals surface area contributed by atoms with Crippen molar-refractivity contribution in [2.45, 2.75) is 62.5 Å². The van der Waals surface area contributed by atoms with Gasteiger partial charge in [-0.15, -0.1) is 0 Å². The number of benzene rings is 4. The predicted molar refractivity (Wildman–Crippen MR) is 198 cm³/mol. The smallest absolute Gasteiger partial charge is 0.224 e. The molecule has 1 fully saturated rings. The third-order valence-corrected chi connectivity index (χ3v) is 9.51. The van der Waals surface area contributed by atoms with Crippen molar-refractivity contribution in [3.05, 3.63) is 138 Å². The number of aliphatic hydroxyl groups is 1. The zero-order chi connectivity index (χ0) is 35.4. The fraction of sp³-hybridized carbons (Fsp3) is 0.250. The Morgan fingerprint density at radius 3 is 2.33 bits per heavy atom. The van der Waals surface area contributed by atoms with Crippen LogP contribution in [0.3, 0.4) is 0 Å². The number of thioether (sulfide) groups is 1. The summed E-state index contributed by atoms with van der Waals surface area (Å²) in [6.07, 6.45) is 4.10. The Morgan fingerprint density at radius 1 is 0.804 bits per heavy atom. The number of aliphatic hydroxyl groups excluding tert-OH is 1. The Labute approximate surface area is 301 Å². The summed E-state index contributed by atoms with van der Waals surface area (Å²) in [6.45, 7) is 0.357. The first-order valence-corrected chi connectivity index (χ1v) is 17.9. The molecule has 1 aromatic heterocycles. The predicted octanol–water partition coefficient (Wildman–Crippen LogP) is 6.98. The monoisotopic (exact) mass is 703 g/mol. The van der Waals surface area contributed by atoms with Crippen molar-refractivity contribution in [2.24, 2.45) is 0 Å². The first-order valence-electron chi connectivity index (χ1n) is 16.9. The van der Waals surface area contributed by atoms with E-state index >= 15 is 0 Å². The molecule has 6 rings (SSSR count). The second-order valence-corrected chi connectivity index (χ2v) is 13.3. The summed E-state index contributed by atoms with van der Waals surface area (Å²) in [4.78, 5) is 33.6. The normalized spacial score (nSPS) is 17.1. The van der Waals surface area contributed by atoms with Gasteiger partial charge in [-0.05, 0) is 64.6 Å². The molecule has 10 nitrogen and oxygen atoms in total. The quantitative estimate of drug-likeness (QED) is 0.0546. The molecular weight excluding hydrogens is 663 g/mol. The number of nitrogen functional groups attached to an aromatic ring is 1. The van der Waals surface area contributed by atoms with Crippen LogP contribution in [0.5, 0.6) is 0 Å². The minimum Gasteiger partial charge on any atom is -0.397 e. The molecule has 2 heterocycles. The van der Waals surface area contributed by atoms with E-state index in [4.69, 9.17) is 15.2 Å². The van der Waals surface area contributed by atoms with Crippen LogP contribution in [0.2, 0.25) is 0 Å². The SMILES string of the molecule is Nc1ccccc1NC(=O)CCCC(=O)NCc1cccc(-c2cccc([C@@H]3O[C@H](CSc4ncccn4)C[C@H](c4ccc(CO)cc4)O3)c2)c1. The molecule has 0 radical (unpaired) electrons. The van der Waals surface area contributed by atoms with Crippen molar-refractivity contribution in [3.8, 4) is 11.1 Å². The van der Waals surface area contributed by atoms with Crippen LogP contribution in [-0.4, -0.2) is 38.7 Å². The number of ether oxygens (including phenoxy) is 2. The van der Waals surface area contributed by atoms with Crippen molar-refractivity contribution in [3.63, 3.8) is 0 Å². The molecule has 262 valence electrons. The molecule has 2 amide bonds. The van der Waals surface area contributed by atoms with E-state index in [1.165, 1.54) is 0 Å². The summed E-state index contributed by atoms with van der Waals surface area (Å²) in [5.74, 6) is 0.370. The molecule has 51 heavy (non-hydrogen) atoms. The van der Waals surface area contributed by atoms with Crippen molar-refractivity contribution in [1.82, 2.24) is 15.3 Å². The highest BCUT2D eigenvalue weighted by Crippen LogP contribution is 2.40. The van der Waals surface area contributed by atoms with Crippen molar-refractivity contribution in [1.29, 1.82) is 0 Å². The van der Waals surface area contributed by atoms with E-state index in [1.54, 1.807) is 54.5 Å². The zero-order valence-corrected chi connectivity index (χ0v) is 28.9. The molecule has 0 unspecified atom stereocenters. The van der Waals surface area contributed by atoms with Crippen LogP contribution in [-0.2, 0) is 32.2 Å². The number of anilines is 2. The third kappa shape index (κ3) is 10.2. The molecule has 5 aromatic rings. The molecule has 11 heteroatoms. The largest absolute Gasteiger partial charge is 0.397 e. The highest BCUT2D eigenvalue weighted by atomic mass is 32.2. The van der Waals surface area contributed by atoms with Gasteiger partial charge in [-0.3, -0.25) is 9.59 Å². The molecule has 1 saturated heterocycles. The molecule has 1 aliphatic heterocycles. The minimum atomic E-state index is -0.599. The van der Waals surface area contributed by atoms with Crippen LogP contribution in [0.4, 0.5) is 11.4 Å². The second kappa shape index (κ2) is 17.7. The van der Waals surface area contributed by atoms with Crippen LogP contribution in [0, 0.1) is 0 Å². The first kappa shape index (κ1) is 35.7.